The van der Waals surface area contributed by atoms with Crippen molar-refractivity contribution in [3.8, 4) is 5.75 Å². The number of rotatable bonds is 9. The number of para-hydroxylation sites is 1. The van der Waals surface area contributed by atoms with Gasteiger partial charge in [-0.3, -0.25) is 9.89 Å². The van der Waals surface area contributed by atoms with Gasteiger partial charge in [-0.15, -0.1) is 0 Å². The molecule has 5 nitrogen and oxygen atoms in total. The first-order valence-corrected chi connectivity index (χ1v) is 9.66. The molecule has 1 aromatic rings. The van der Waals surface area contributed by atoms with Crippen LogP contribution < -0.4 is 15.4 Å². The molecule has 0 bridgehead atoms. The molecule has 2 N–H and O–H groups in total. The fraction of sp³-hybridized carbons (Fsp3) is 0.650. The summed E-state index contributed by atoms with van der Waals surface area (Å²) in [5.41, 5.74) is 1.22. The molecule has 0 saturated carbocycles. The lowest BCUT2D eigenvalue weighted by atomic mass is 10.1. The Balaban J connectivity index is 1.86. The van der Waals surface area contributed by atoms with Gasteiger partial charge in [0.1, 0.15) is 5.75 Å². The predicted molar refractivity (Wildman–Crippen MR) is 106 cm³/mol. The van der Waals surface area contributed by atoms with E-state index in [1.165, 1.54) is 31.5 Å². The zero-order chi connectivity index (χ0) is 17.9. The van der Waals surface area contributed by atoms with E-state index in [0.29, 0.717) is 6.04 Å². The molecule has 1 saturated heterocycles. The Morgan fingerprint density at radius 3 is 2.64 bits per heavy atom. The normalized spacial score (nSPS) is 16.7. The van der Waals surface area contributed by atoms with Crippen LogP contribution in [-0.4, -0.2) is 56.7 Å². The average Bonchev–Trinajstić information content (AvgIpc) is 3.17. The maximum atomic E-state index is 5.42. The van der Waals surface area contributed by atoms with Gasteiger partial charge in [0, 0.05) is 19.1 Å². The Morgan fingerprint density at radius 1 is 1.20 bits per heavy atom. The fourth-order valence-corrected chi connectivity index (χ4v) is 3.37. The fourth-order valence-electron chi connectivity index (χ4n) is 3.37. The van der Waals surface area contributed by atoms with E-state index in [1.807, 2.05) is 12.1 Å². The SMILES string of the molecule is CCNC(=NCC(CC)N1CCCC1)NCCc1ccccc1OC. The molecule has 0 spiro atoms. The monoisotopic (exact) mass is 346 g/mol. The first kappa shape index (κ1) is 19.6. The van der Waals surface area contributed by atoms with Gasteiger partial charge in [0.25, 0.3) is 0 Å². The quantitative estimate of drug-likeness (QED) is 0.533. The van der Waals surface area contributed by atoms with E-state index >= 15 is 0 Å². The molecule has 0 aromatic heterocycles. The zero-order valence-electron chi connectivity index (χ0n) is 16.1. The van der Waals surface area contributed by atoms with Crippen molar-refractivity contribution in [1.29, 1.82) is 0 Å². The number of hydrogen-bond donors (Lipinski definition) is 2. The average molecular weight is 347 g/mol. The largest absolute Gasteiger partial charge is 0.496 e. The van der Waals surface area contributed by atoms with Crippen LogP contribution in [0.2, 0.25) is 0 Å². The summed E-state index contributed by atoms with van der Waals surface area (Å²) < 4.78 is 5.42. The Kier molecular flexibility index (Phi) is 8.60. The molecule has 25 heavy (non-hydrogen) atoms. The summed E-state index contributed by atoms with van der Waals surface area (Å²) in [5.74, 6) is 1.86. The summed E-state index contributed by atoms with van der Waals surface area (Å²) in [6.07, 6.45) is 4.73. The van der Waals surface area contributed by atoms with Gasteiger partial charge in [-0.2, -0.15) is 0 Å². The highest BCUT2D eigenvalue weighted by Crippen LogP contribution is 2.17. The Bertz CT molecular complexity index is 526. The molecule has 1 unspecified atom stereocenters. The van der Waals surface area contributed by atoms with E-state index in [9.17, 15) is 0 Å². The van der Waals surface area contributed by atoms with Crippen LogP contribution in [0.1, 0.15) is 38.7 Å². The van der Waals surface area contributed by atoms with E-state index in [-0.39, 0.29) is 0 Å². The highest BCUT2D eigenvalue weighted by Gasteiger charge is 2.20. The van der Waals surface area contributed by atoms with Gasteiger partial charge in [0.15, 0.2) is 5.96 Å². The third-order valence-electron chi connectivity index (χ3n) is 4.81. The number of nitrogens with one attached hydrogen (secondary N) is 2. The summed E-state index contributed by atoms with van der Waals surface area (Å²) in [4.78, 5) is 7.41. The van der Waals surface area contributed by atoms with Crippen LogP contribution in [0.5, 0.6) is 5.75 Å². The predicted octanol–water partition coefficient (Wildman–Crippen LogP) is 2.67. The second kappa shape index (κ2) is 11.0. The molecule has 0 aliphatic carbocycles. The molecule has 0 radical (unpaired) electrons. The van der Waals surface area contributed by atoms with Crippen molar-refractivity contribution >= 4 is 5.96 Å². The van der Waals surface area contributed by atoms with E-state index in [2.05, 4.69) is 41.5 Å². The molecule has 1 atom stereocenters. The van der Waals surface area contributed by atoms with Gasteiger partial charge in [-0.25, -0.2) is 0 Å². The maximum Gasteiger partial charge on any atom is 0.191 e. The summed E-state index contributed by atoms with van der Waals surface area (Å²) in [5, 5.41) is 6.81. The summed E-state index contributed by atoms with van der Waals surface area (Å²) in [6.45, 7) is 9.40. The van der Waals surface area contributed by atoms with Gasteiger partial charge in [0.05, 0.1) is 13.7 Å². The van der Waals surface area contributed by atoms with Crippen molar-refractivity contribution in [3.63, 3.8) is 0 Å². The van der Waals surface area contributed by atoms with Crippen LogP contribution in [0.15, 0.2) is 29.3 Å². The minimum absolute atomic E-state index is 0.562. The van der Waals surface area contributed by atoms with Gasteiger partial charge in [-0.1, -0.05) is 25.1 Å². The van der Waals surface area contributed by atoms with Crippen LogP contribution in [0.3, 0.4) is 0 Å². The number of likely N-dealkylation sites (tertiary alicyclic amines) is 1. The van der Waals surface area contributed by atoms with Crippen molar-refractivity contribution in [3.05, 3.63) is 29.8 Å². The lowest BCUT2D eigenvalue weighted by Crippen LogP contribution is -2.40. The molecule has 140 valence electrons. The van der Waals surface area contributed by atoms with Gasteiger partial charge >= 0.3 is 0 Å². The molecule has 1 heterocycles. The molecule has 1 fully saturated rings. The van der Waals surface area contributed by atoms with E-state index in [4.69, 9.17) is 9.73 Å². The van der Waals surface area contributed by atoms with Crippen LogP contribution in [-0.2, 0) is 6.42 Å². The number of hydrogen-bond acceptors (Lipinski definition) is 3. The number of aliphatic imine (C=N–C) groups is 1. The molecule has 1 aliphatic heterocycles. The van der Waals surface area contributed by atoms with E-state index < -0.39 is 0 Å². The van der Waals surface area contributed by atoms with Crippen molar-refractivity contribution in [2.45, 2.75) is 45.6 Å². The van der Waals surface area contributed by atoms with Gasteiger partial charge in [0.2, 0.25) is 0 Å². The number of guanidine groups is 1. The zero-order valence-corrected chi connectivity index (χ0v) is 16.1. The van der Waals surface area contributed by atoms with E-state index in [0.717, 1.165) is 44.2 Å². The number of nitrogens with zero attached hydrogens (tertiary/aromatic N) is 2. The molecule has 1 aliphatic rings. The number of ether oxygens (including phenoxy) is 1. The lowest BCUT2D eigenvalue weighted by Gasteiger charge is -2.25. The van der Waals surface area contributed by atoms with Crippen molar-refractivity contribution in [1.82, 2.24) is 15.5 Å². The van der Waals surface area contributed by atoms with Crippen LogP contribution >= 0.6 is 0 Å². The standard InChI is InChI=1S/C20H34N4O/c1-4-18(24-14-8-9-15-24)16-23-20(21-5-2)22-13-12-17-10-6-7-11-19(17)25-3/h6-7,10-11,18H,4-5,8-9,12-16H2,1-3H3,(H2,21,22,23). The summed E-state index contributed by atoms with van der Waals surface area (Å²) >= 11 is 0. The molecular weight excluding hydrogens is 312 g/mol. The lowest BCUT2D eigenvalue weighted by molar-refractivity contribution is 0.242. The number of benzene rings is 1. The second-order valence-electron chi connectivity index (χ2n) is 6.51. The Hall–Kier alpha value is -1.75. The van der Waals surface area contributed by atoms with Crippen molar-refractivity contribution in [2.24, 2.45) is 4.99 Å². The van der Waals surface area contributed by atoms with Gasteiger partial charge in [-0.05, 0) is 57.3 Å². The third kappa shape index (κ3) is 6.24. The Morgan fingerprint density at radius 2 is 1.96 bits per heavy atom. The van der Waals surface area contributed by atoms with Crippen LogP contribution in [0.4, 0.5) is 0 Å². The molecule has 0 amide bonds. The van der Waals surface area contributed by atoms with Crippen LogP contribution in [0, 0.1) is 0 Å². The molecule has 5 heteroatoms. The summed E-state index contributed by atoms with van der Waals surface area (Å²) in [6, 6.07) is 8.75. The minimum Gasteiger partial charge on any atom is -0.496 e. The van der Waals surface area contributed by atoms with Crippen molar-refractivity contribution in [2.75, 3.05) is 39.8 Å². The Labute approximate surface area is 152 Å². The summed E-state index contributed by atoms with van der Waals surface area (Å²) in [7, 11) is 1.72. The highest BCUT2D eigenvalue weighted by atomic mass is 16.5. The van der Waals surface area contributed by atoms with E-state index in [1.54, 1.807) is 7.11 Å². The number of methoxy groups -OCH3 is 1. The minimum atomic E-state index is 0.562. The van der Waals surface area contributed by atoms with Crippen molar-refractivity contribution < 1.29 is 4.74 Å². The maximum absolute atomic E-state index is 5.42. The molecule has 1 aromatic carbocycles. The van der Waals surface area contributed by atoms with Crippen LogP contribution in [0.25, 0.3) is 0 Å². The van der Waals surface area contributed by atoms with Gasteiger partial charge < -0.3 is 15.4 Å². The first-order valence-electron chi connectivity index (χ1n) is 9.66. The topological polar surface area (TPSA) is 48.9 Å². The highest BCUT2D eigenvalue weighted by molar-refractivity contribution is 5.79. The second-order valence-corrected chi connectivity index (χ2v) is 6.51. The third-order valence-corrected chi connectivity index (χ3v) is 4.81. The first-order chi connectivity index (χ1) is 12.3. The molecular formula is C20H34N4O. The molecule has 2 rings (SSSR count). The smallest absolute Gasteiger partial charge is 0.191 e.